The lowest BCUT2D eigenvalue weighted by Crippen LogP contribution is -2.54. The van der Waals surface area contributed by atoms with Gasteiger partial charge in [0.2, 0.25) is 11.8 Å². The first kappa shape index (κ1) is 15.6. The van der Waals surface area contributed by atoms with Gasteiger partial charge in [-0.05, 0) is 19.3 Å². The molecule has 4 amide bonds. The van der Waals surface area contributed by atoms with Gasteiger partial charge in [-0.1, -0.05) is 0 Å². The predicted octanol–water partition coefficient (Wildman–Crippen LogP) is -1.11. The summed E-state index contributed by atoms with van der Waals surface area (Å²) in [5.41, 5.74) is 5.17. The number of primary amides is 1. The van der Waals surface area contributed by atoms with Crippen molar-refractivity contribution in [3.63, 3.8) is 0 Å². The summed E-state index contributed by atoms with van der Waals surface area (Å²) in [4.78, 5) is 38.2. The number of nitrogens with two attached hydrogens (primary N) is 1. The molecular weight excluding hydrogens is 276 g/mol. The maximum atomic E-state index is 12.0. The molecule has 0 aromatic rings. The summed E-state index contributed by atoms with van der Waals surface area (Å²) >= 11 is 0. The van der Waals surface area contributed by atoms with Gasteiger partial charge in [0.05, 0.1) is 19.7 Å². The van der Waals surface area contributed by atoms with Crippen LogP contribution in [0.15, 0.2) is 0 Å². The van der Waals surface area contributed by atoms with Crippen LogP contribution in [0.5, 0.6) is 0 Å². The van der Waals surface area contributed by atoms with Gasteiger partial charge in [-0.15, -0.1) is 0 Å². The Bertz CT molecular complexity index is 409. The summed E-state index contributed by atoms with van der Waals surface area (Å²) in [5, 5.41) is 2.60. The average Bonchev–Trinajstić information content (AvgIpc) is 2.53. The van der Waals surface area contributed by atoms with E-state index >= 15 is 0 Å². The average molecular weight is 298 g/mol. The normalized spacial score (nSPS) is 22.8. The van der Waals surface area contributed by atoms with Gasteiger partial charge < -0.3 is 25.6 Å². The van der Waals surface area contributed by atoms with Crippen molar-refractivity contribution in [2.24, 2.45) is 5.73 Å². The van der Waals surface area contributed by atoms with Crippen molar-refractivity contribution >= 4 is 17.8 Å². The van der Waals surface area contributed by atoms with E-state index in [-0.39, 0.29) is 31.6 Å². The van der Waals surface area contributed by atoms with Crippen LogP contribution >= 0.6 is 0 Å². The van der Waals surface area contributed by atoms with Crippen LogP contribution in [0, 0.1) is 0 Å². The minimum atomic E-state index is -0.776. The molecule has 2 aliphatic heterocycles. The van der Waals surface area contributed by atoms with Crippen LogP contribution in [0.4, 0.5) is 4.79 Å². The van der Waals surface area contributed by atoms with Crippen molar-refractivity contribution in [3.05, 3.63) is 0 Å². The van der Waals surface area contributed by atoms with E-state index in [1.165, 1.54) is 4.90 Å². The predicted molar refractivity (Wildman–Crippen MR) is 74.3 cm³/mol. The minimum Gasteiger partial charge on any atom is -0.367 e. The number of hydrogen-bond donors (Lipinski definition) is 2. The first-order valence-corrected chi connectivity index (χ1v) is 7.29. The molecule has 0 aromatic heterocycles. The second-order valence-electron chi connectivity index (χ2n) is 5.31. The first-order valence-electron chi connectivity index (χ1n) is 7.29. The molecule has 2 rings (SSSR count). The Morgan fingerprint density at radius 2 is 1.81 bits per heavy atom. The number of rotatable bonds is 3. The Balaban J connectivity index is 1.75. The zero-order valence-corrected chi connectivity index (χ0v) is 12.0. The van der Waals surface area contributed by atoms with E-state index in [4.69, 9.17) is 10.5 Å². The molecule has 2 fully saturated rings. The van der Waals surface area contributed by atoms with Crippen LogP contribution < -0.4 is 11.1 Å². The number of nitrogens with zero attached hydrogens (tertiary/aromatic N) is 2. The van der Waals surface area contributed by atoms with Gasteiger partial charge in [0, 0.05) is 19.6 Å². The first-order chi connectivity index (χ1) is 10.1. The highest BCUT2D eigenvalue weighted by Crippen LogP contribution is 2.08. The van der Waals surface area contributed by atoms with Crippen LogP contribution in [-0.4, -0.2) is 73.1 Å². The fourth-order valence-corrected chi connectivity index (χ4v) is 2.52. The van der Waals surface area contributed by atoms with Crippen molar-refractivity contribution in [2.45, 2.75) is 25.4 Å². The second kappa shape index (κ2) is 7.26. The lowest BCUT2D eigenvalue weighted by molar-refractivity contribution is -0.134. The molecule has 2 saturated heterocycles. The third kappa shape index (κ3) is 4.32. The fourth-order valence-electron chi connectivity index (χ4n) is 2.52. The zero-order valence-electron chi connectivity index (χ0n) is 12.0. The topological polar surface area (TPSA) is 105 Å². The molecule has 0 saturated carbocycles. The minimum absolute atomic E-state index is 0.0164. The molecule has 118 valence electrons. The molecular formula is C13H22N4O4. The number of urea groups is 1. The lowest BCUT2D eigenvalue weighted by atomic mass is 10.1. The van der Waals surface area contributed by atoms with E-state index in [0.717, 1.165) is 32.4 Å². The van der Waals surface area contributed by atoms with E-state index in [0.29, 0.717) is 6.54 Å². The highest BCUT2D eigenvalue weighted by molar-refractivity contribution is 5.85. The van der Waals surface area contributed by atoms with Crippen molar-refractivity contribution in [2.75, 3.05) is 39.3 Å². The molecule has 1 atom stereocenters. The Labute approximate surface area is 123 Å². The molecule has 8 heteroatoms. The maximum Gasteiger partial charge on any atom is 0.318 e. The number of carbonyl (C=O) groups is 3. The molecule has 2 aliphatic rings. The van der Waals surface area contributed by atoms with Gasteiger partial charge in [-0.25, -0.2) is 4.79 Å². The number of carbonyl (C=O) groups excluding carboxylic acids is 3. The molecule has 8 nitrogen and oxygen atoms in total. The SMILES string of the molecule is NC(=O)C1CN(C(=O)NCC(=O)N2CCCCC2)CCO1. The van der Waals surface area contributed by atoms with E-state index < -0.39 is 12.0 Å². The van der Waals surface area contributed by atoms with Gasteiger partial charge in [0.15, 0.2) is 6.10 Å². The fraction of sp³-hybridized carbons (Fsp3) is 0.769. The quantitative estimate of drug-likeness (QED) is 0.689. The van der Waals surface area contributed by atoms with Crippen molar-refractivity contribution in [1.82, 2.24) is 15.1 Å². The van der Waals surface area contributed by atoms with Crippen LogP contribution in [0.3, 0.4) is 0 Å². The number of amides is 4. The number of likely N-dealkylation sites (tertiary alicyclic amines) is 1. The summed E-state index contributed by atoms with van der Waals surface area (Å²) in [6.45, 7) is 2.27. The summed E-state index contributed by atoms with van der Waals surface area (Å²) < 4.78 is 5.17. The number of nitrogens with one attached hydrogen (secondary N) is 1. The highest BCUT2D eigenvalue weighted by atomic mass is 16.5. The third-order valence-electron chi connectivity index (χ3n) is 3.77. The van der Waals surface area contributed by atoms with Crippen LogP contribution in [0.25, 0.3) is 0 Å². The Kier molecular flexibility index (Phi) is 5.38. The standard InChI is InChI=1S/C13H22N4O4/c14-12(19)10-9-17(6-7-21-10)13(20)15-8-11(18)16-4-2-1-3-5-16/h10H,1-9H2,(H2,14,19)(H,15,20). The van der Waals surface area contributed by atoms with Gasteiger partial charge in [0.25, 0.3) is 0 Å². The van der Waals surface area contributed by atoms with Crippen molar-refractivity contribution in [3.8, 4) is 0 Å². The maximum absolute atomic E-state index is 12.0. The Morgan fingerprint density at radius 1 is 1.10 bits per heavy atom. The number of ether oxygens (including phenoxy) is 1. The second-order valence-corrected chi connectivity index (χ2v) is 5.31. The summed E-state index contributed by atoms with van der Waals surface area (Å²) in [7, 11) is 0. The third-order valence-corrected chi connectivity index (χ3v) is 3.77. The summed E-state index contributed by atoms with van der Waals surface area (Å²) in [5.74, 6) is -0.653. The summed E-state index contributed by atoms with van der Waals surface area (Å²) in [6, 6.07) is -0.366. The van der Waals surface area contributed by atoms with Gasteiger partial charge in [0.1, 0.15) is 0 Å². The largest absolute Gasteiger partial charge is 0.367 e. The van der Waals surface area contributed by atoms with Crippen molar-refractivity contribution in [1.29, 1.82) is 0 Å². The Hall–Kier alpha value is -1.83. The van der Waals surface area contributed by atoms with E-state index in [2.05, 4.69) is 5.32 Å². The molecule has 0 radical (unpaired) electrons. The lowest BCUT2D eigenvalue weighted by Gasteiger charge is -2.32. The smallest absolute Gasteiger partial charge is 0.318 e. The van der Waals surface area contributed by atoms with Crippen LogP contribution in [0.1, 0.15) is 19.3 Å². The van der Waals surface area contributed by atoms with E-state index in [9.17, 15) is 14.4 Å². The molecule has 0 aliphatic carbocycles. The zero-order chi connectivity index (χ0) is 15.2. The van der Waals surface area contributed by atoms with Crippen LogP contribution in [0.2, 0.25) is 0 Å². The molecule has 0 spiro atoms. The molecule has 21 heavy (non-hydrogen) atoms. The van der Waals surface area contributed by atoms with Gasteiger partial charge in [-0.3, -0.25) is 9.59 Å². The molecule has 0 aromatic carbocycles. The molecule has 0 bridgehead atoms. The van der Waals surface area contributed by atoms with E-state index in [1.807, 2.05) is 0 Å². The number of hydrogen-bond acceptors (Lipinski definition) is 4. The number of piperidine rings is 1. The monoisotopic (exact) mass is 298 g/mol. The number of morpholine rings is 1. The van der Waals surface area contributed by atoms with Crippen molar-refractivity contribution < 1.29 is 19.1 Å². The molecule has 1 unspecified atom stereocenters. The molecule has 2 heterocycles. The highest BCUT2D eigenvalue weighted by Gasteiger charge is 2.28. The Morgan fingerprint density at radius 3 is 2.48 bits per heavy atom. The van der Waals surface area contributed by atoms with E-state index in [1.54, 1.807) is 4.90 Å². The van der Waals surface area contributed by atoms with Gasteiger partial charge in [-0.2, -0.15) is 0 Å². The van der Waals surface area contributed by atoms with Crippen LogP contribution in [-0.2, 0) is 14.3 Å². The van der Waals surface area contributed by atoms with Gasteiger partial charge >= 0.3 is 6.03 Å². The summed E-state index contributed by atoms with van der Waals surface area (Å²) in [6.07, 6.45) is 2.41. The molecule has 3 N–H and O–H groups in total.